The fraction of sp³-hybridized carbons (Fsp3) is 0.269. The molecule has 3 rings (SSSR count). The van der Waals surface area contributed by atoms with Crippen molar-refractivity contribution >= 4 is 11.4 Å². The summed E-state index contributed by atoms with van der Waals surface area (Å²) in [5.41, 5.74) is 9.69. The van der Waals surface area contributed by atoms with E-state index in [0.29, 0.717) is 5.92 Å². The lowest BCUT2D eigenvalue weighted by Crippen LogP contribution is -2.08. The summed E-state index contributed by atoms with van der Waals surface area (Å²) in [5.74, 6) is 0.510. The van der Waals surface area contributed by atoms with Crippen LogP contribution >= 0.6 is 0 Å². The normalized spacial score (nSPS) is 12.7. The third-order valence-electron chi connectivity index (χ3n) is 5.58. The molecule has 3 aromatic carbocycles. The number of aryl methyl sites for hydroxylation is 1. The summed E-state index contributed by atoms with van der Waals surface area (Å²) in [6.45, 7) is 6.75. The molecular formula is C26H30N2. The second-order valence-corrected chi connectivity index (χ2v) is 7.29. The molecule has 0 aromatic heterocycles. The zero-order chi connectivity index (χ0) is 20.1. The number of nitrogens with zero attached hydrogens (tertiary/aromatic N) is 1. The van der Waals surface area contributed by atoms with Gasteiger partial charge >= 0.3 is 0 Å². The summed E-state index contributed by atoms with van der Waals surface area (Å²) >= 11 is 0. The molecule has 0 fully saturated rings. The number of anilines is 1. The Bertz CT molecular complexity index is 985. The Kier molecular flexibility index (Phi) is 6.30. The van der Waals surface area contributed by atoms with Crippen LogP contribution in [0.3, 0.4) is 0 Å². The van der Waals surface area contributed by atoms with E-state index >= 15 is 0 Å². The van der Waals surface area contributed by atoms with Crippen LogP contribution in [-0.4, -0.2) is 19.8 Å². The molecule has 0 bridgehead atoms. The third kappa shape index (κ3) is 3.87. The summed E-state index contributed by atoms with van der Waals surface area (Å²) in [4.78, 5) is 4.67. The smallest absolute Gasteiger partial charge is 0.0736 e. The van der Waals surface area contributed by atoms with E-state index in [1.54, 1.807) is 0 Å². The topological polar surface area (TPSA) is 24.4 Å². The quantitative estimate of drug-likeness (QED) is 0.481. The largest absolute Gasteiger partial charge is 0.388 e. The molecule has 0 amide bonds. The minimum Gasteiger partial charge on any atom is -0.388 e. The van der Waals surface area contributed by atoms with Gasteiger partial charge in [0.25, 0.3) is 0 Å². The summed E-state index contributed by atoms with van der Waals surface area (Å²) in [5, 5.41) is 3.29. The molecule has 0 saturated carbocycles. The van der Waals surface area contributed by atoms with Crippen LogP contribution in [0.15, 0.2) is 71.7 Å². The van der Waals surface area contributed by atoms with Crippen molar-refractivity contribution in [3.05, 3.63) is 89.0 Å². The molecule has 2 heteroatoms. The molecule has 28 heavy (non-hydrogen) atoms. The van der Waals surface area contributed by atoms with Crippen LogP contribution in [0.4, 0.5) is 5.69 Å². The van der Waals surface area contributed by atoms with Crippen LogP contribution in [0.1, 0.15) is 48.4 Å². The van der Waals surface area contributed by atoms with Gasteiger partial charge in [-0.25, -0.2) is 0 Å². The number of rotatable bonds is 6. The summed E-state index contributed by atoms with van der Waals surface area (Å²) in [6, 6.07) is 23.8. The molecule has 0 aliphatic heterocycles. The lowest BCUT2D eigenvalue weighted by Gasteiger charge is -2.19. The van der Waals surface area contributed by atoms with E-state index in [-0.39, 0.29) is 0 Å². The maximum Gasteiger partial charge on any atom is 0.0736 e. The lowest BCUT2D eigenvalue weighted by atomic mass is 9.86. The van der Waals surface area contributed by atoms with Gasteiger partial charge in [-0.3, -0.25) is 4.99 Å². The van der Waals surface area contributed by atoms with E-state index in [9.17, 15) is 0 Å². The van der Waals surface area contributed by atoms with Gasteiger partial charge in [0.1, 0.15) is 0 Å². The van der Waals surface area contributed by atoms with E-state index < -0.39 is 0 Å². The van der Waals surface area contributed by atoms with Gasteiger partial charge in [-0.1, -0.05) is 68.4 Å². The van der Waals surface area contributed by atoms with Crippen LogP contribution < -0.4 is 5.32 Å². The molecule has 0 heterocycles. The number of benzene rings is 3. The van der Waals surface area contributed by atoms with E-state index in [1.807, 2.05) is 20.2 Å². The number of para-hydroxylation sites is 1. The Morgan fingerprint density at radius 2 is 1.68 bits per heavy atom. The van der Waals surface area contributed by atoms with Crippen molar-refractivity contribution < 1.29 is 0 Å². The highest BCUT2D eigenvalue weighted by atomic mass is 14.8. The first-order valence-corrected chi connectivity index (χ1v) is 10.0. The zero-order valence-corrected chi connectivity index (χ0v) is 17.6. The Balaban J connectivity index is 2.20. The highest BCUT2D eigenvalue weighted by Crippen LogP contribution is 2.34. The highest BCUT2D eigenvalue weighted by molar-refractivity contribution is 6.16. The molecule has 144 valence electrons. The van der Waals surface area contributed by atoms with Crippen molar-refractivity contribution in [2.75, 3.05) is 19.4 Å². The van der Waals surface area contributed by atoms with Crippen molar-refractivity contribution in [2.45, 2.75) is 33.1 Å². The number of nitrogens with one attached hydrogen (secondary N) is 1. The Morgan fingerprint density at radius 3 is 2.36 bits per heavy atom. The Labute approximate surface area is 169 Å². The Hall–Kier alpha value is -2.87. The zero-order valence-electron chi connectivity index (χ0n) is 17.6. The molecule has 2 nitrogen and oxygen atoms in total. The van der Waals surface area contributed by atoms with Gasteiger partial charge in [0.2, 0.25) is 0 Å². The molecule has 1 N–H and O–H groups in total. The minimum atomic E-state index is 0.510. The maximum atomic E-state index is 4.67. The van der Waals surface area contributed by atoms with Crippen molar-refractivity contribution in [1.29, 1.82) is 0 Å². The van der Waals surface area contributed by atoms with Crippen LogP contribution in [0.25, 0.3) is 11.1 Å². The molecule has 0 aliphatic carbocycles. The van der Waals surface area contributed by atoms with E-state index in [2.05, 4.69) is 91.7 Å². The first-order chi connectivity index (χ1) is 13.6. The molecule has 3 aromatic rings. The fourth-order valence-electron chi connectivity index (χ4n) is 3.77. The molecule has 0 aliphatic rings. The molecule has 0 spiro atoms. The predicted octanol–water partition coefficient (Wildman–Crippen LogP) is 6.68. The third-order valence-corrected chi connectivity index (χ3v) is 5.58. The molecule has 1 unspecified atom stereocenters. The summed E-state index contributed by atoms with van der Waals surface area (Å²) in [7, 11) is 3.83. The van der Waals surface area contributed by atoms with Gasteiger partial charge in [-0.15, -0.1) is 0 Å². The molecule has 1 atom stereocenters. The highest BCUT2D eigenvalue weighted by Gasteiger charge is 2.16. The lowest BCUT2D eigenvalue weighted by molar-refractivity contribution is 0.735. The average molecular weight is 371 g/mol. The SMILES string of the molecule is CCC(C)c1ccc(/C(=N/C)c2ccccc2NC)cc1-c1ccccc1C. The van der Waals surface area contributed by atoms with Gasteiger partial charge in [-0.05, 0) is 53.6 Å². The molecule has 0 saturated heterocycles. The standard InChI is InChI=1S/C26H30N2/c1-6-18(2)22-16-15-20(17-24(22)21-12-8-7-11-19(21)3)26(28-5)23-13-9-10-14-25(23)27-4/h7-18,27H,6H2,1-5H3/b28-26-. The Morgan fingerprint density at radius 1 is 0.964 bits per heavy atom. The van der Waals surface area contributed by atoms with Crippen molar-refractivity contribution in [3.8, 4) is 11.1 Å². The van der Waals surface area contributed by atoms with Crippen molar-refractivity contribution in [2.24, 2.45) is 4.99 Å². The number of hydrogen-bond acceptors (Lipinski definition) is 2. The molecular weight excluding hydrogens is 340 g/mol. The molecule has 0 radical (unpaired) electrons. The van der Waals surface area contributed by atoms with E-state index in [4.69, 9.17) is 0 Å². The van der Waals surface area contributed by atoms with Crippen molar-refractivity contribution in [3.63, 3.8) is 0 Å². The van der Waals surface area contributed by atoms with Gasteiger partial charge in [0, 0.05) is 30.9 Å². The van der Waals surface area contributed by atoms with Crippen LogP contribution in [0, 0.1) is 6.92 Å². The predicted molar refractivity (Wildman–Crippen MR) is 123 cm³/mol. The second kappa shape index (κ2) is 8.88. The maximum absolute atomic E-state index is 4.67. The average Bonchev–Trinajstić information content (AvgIpc) is 2.74. The van der Waals surface area contributed by atoms with Gasteiger partial charge in [0.05, 0.1) is 5.71 Å². The fourth-order valence-corrected chi connectivity index (χ4v) is 3.77. The van der Waals surface area contributed by atoms with Gasteiger partial charge in [0.15, 0.2) is 0 Å². The van der Waals surface area contributed by atoms with Crippen LogP contribution in [-0.2, 0) is 0 Å². The van der Waals surface area contributed by atoms with E-state index in [0.717, 1.165) is 28.9 Å². The second-order valence-electron chi connectivity index (χ2n) is 7.29. The first kappa shape index (κ1) is 19.9. The van der Waals surface area contributed by atoms with Gasteiger partial charge in [-0.2, -0.15) is 0 Å². The minimum absolute atomic E-state index is 0.510. The number of aliphatic imine (C=N–C) groups is 1. The van der Waals surface area contributed by atoms with Crippen LogP contribution in [0.2, 0.25) is 0 Å². The number of hydrogen-bond donors (Lipinski definition) is 1. The summed E-state index contributed by atoms with van der Waals surface area (Å²) in [6.07, 6.45) is 1.12. The first-order valence-electron chi connectivity index (χ1n) is 10.0. The van der Waals surface area contributed by atoms with Gasteiger partial charge < -0.3 is 5.32 Å². The monoisotopic (exact) mass is 370 g/mol. The van der Waals surface area contributed by atoms with Crippen LogP contribution in [0.5, 0.6) is 0 Å². The van der Waals surface area contributed by atoms with E-state index in [1.165, 1.54) is 22.3 Å². The van der Waals surface area contributed by atoms with Crippen molar-refractivity contribution in [1.82, 2.24) is 0 Å². The summed E-state index contributed by atoms with van der Waals surface area (Å²) < 4.78 is 0.